The van der Waals surface area contributed by atoms with Gasteiger partial charge < -0.3 is 49.6 Å². The van der Waals surface area contributed by atoms with E-state index in [-0.39, 0.29) is 13.2 Å². The molecule has 0 aromatic heterocycles. The first kappa shape index (κ1) is 28.9. The Morgan fingerprint density at radius 3 is 2.40 bits per heavy atom. The van der Waals surface area contributed by atoms with Gasteiger partial charge in [0.25, 0.3) is 0 Å². The zero-order valence-electron chi connectivity index (χ0n) is 19.8. The molecule has 1 aliphatic heterocycles. The predicted octanol–water partition coefficient (Wildman–Crippen LogP) is -0.704. The number of benzene rings is 1. The normalized spacial score (nSPS) is 24.1. The van der Waals surface area contributed by atoms with Crippen LogP contribution in [-0.4, -0.2) is 104 Å². The lowest BCUT2D eigenvalue weighted by molar-refractivity contribution is -0.270. The van der Waals surface area contributed by atoms with Gasteiger partial charge in [0.05, 0.1) is 33.0 Å². The number of carbonyl (C=O) groups excluding carboxylic acids is 2. The van der Waals surface area contributed by atoms with E-state index in [0.29, 0.717) is 39.4 Å². The first-order valence-electron chi connectivity index (χ1n) is 11.5. The zero-order valence-corrected chi connectivity index (χ0v) is 19.8. The van der Waals surface area contributed by atoms with Gasteiger partial charge in [-0.25, -0.2) is 4.79 Å². The molecule has 1 fully saturated rings. The van der Waals surface area contributed by atoms with Crippen molar-refractivity contribution in [3.05, 3.63) is 35.9 Å². The summed E-state index contributed by atoms with van der Waals surface area (Å²) < 4.78 is 27.0. The molecule has 0 unspecified atom stereocenters. The van der Waals surface area contributed by atoms with Gasteiger partial charge in [0.15, 0.2) is 6.29 Å². The van der Waals surface area contributed by atoms with Crippen molar-refractivity contribution < 1.29 is 48.6 Å². The van der Waals surface area contributed by atoms with Crippen LogP contribution in [-0.2, 0) is 35.1 Å². The molecule has 1 aromatic rings. The number of ether oxygens (including phenoxy) is 5. The number of hydrogen-bond donors (Lipinski definition) is 5. The molecule has 0 spiro atoms. The summed E-state index contributed by atoms with van der Waals surface area (Å²) in [5.41, 5.74) is 0.908. The molecule has 0 radical (unpaired) electrons. The van der Waals surface area contributed by atoms with Crippen LogP contribution in [0.3, 0.4) is 0 Å². The minimum Gasteiger partial charge on any atom is -0.445 e. The highest BCUT2D eigenvalue weighted by Gasteiger charge is 2.45. The van der Waals surface area contributed by atoms with E-state index in [1.54, 1.807) is 0 Å². The Hall–Kier alpha value is -2.32. The van der Waals surface area contributed by atoms with E-state index in [1.807, 2.05) is 30.3 Å². The minimum atomic E-state index is -1.35. The van der Waals surface area contributed by atoms with E-state index in [2.05, 4.69) is 10.6 Å². The van der Waals surface area contributed by atoms with E-state index >= 15 is 0 Å². The van der Waals surface area contributed by atoms with Crippen LogP contribution in [0.4, 0.5) is 4.79 Å². The lowest BCUT2D eigenvalue weighted by Crippen LogP contribution is -2.64. The highest BCUT2D eigenvalue weighted by atomic mass is 16.7. The second kappa shape index (κ2) is 16.4. The molecule has 1 aromatic carbocycles. The summed E-state index contributed by atoms with van der Waals surface area (Å²) in [5, 5.41) is 34.6. The summed E-state index contributed by atoms with van der Waals surface area (Å²) >= 11 is 0. The molecule has 5 atom stereocenters. The van der Waals surface area contributed by atoms with Crippen LogP contribution < -0.4 is 10.6 Å². The molecule has 12 nitrogen and oxygen atoms in total. The Kier molecular flexibility index (Phi) is 13.5. The second-order valence-corrected chi connectivity index (χ2v) is 7.87. The van der Waals surface area contributed by atoms with Gasteiger partial charge in [-0.2, -0.15) is 0 Å². The molecule has 2 rings (SSSR count). The third-order valence-electron chi connectivity index (χ3n) is 5.07. The molecule has 0 saturated carbocycles. The Balaban J connectivity index is 1.48. The first-order valence-corrected chi connectivity index (χ1v) is 11.5. The number of carbonyl (C=O) groups is 2. The minimum absolute atomic E-state index is 0.205. The molecule has 0 aliphatic carbocycles. The summed E-state index contributed by atoms with van der Waals surface area (Å²) in [4.78, 5) is 23.0. The zero-order chi connectivity index (χ0) is 25.5. The van der Waals surface area contributed by atoms with Gasteiger partial charge in [-0.05, 0) is 12.0 Å². The van der Waals surface area contributed by atoms with E-state index < -0.39 is 49.3 Å². The first-order chi connectivity index (χ1) is 16.9. The standard InChI is InChI=1S/C23H36N2O10/c1-16(27)25-19-21(29)20(28)18(14-26)35-22(19)33-10-5-9-31-12-13-32-11-8-24-23(30)34-15-17-6-3-2-4-7-17/h2-4,6-7,18-22,26,28-29H,5,8-15H2,1H3,(H,24,30)(H,25,27)/t18-,19-,20+,21-,22-/m1/s1. The van der Waals surface area contributed by atoms with Crippen LogP contribution in [0.5, 0.6) is 0 Å². The number of hydrogen-bond acceptors (Lipinski definition) is 10. The van der Waals surface area contributed by atoms with Gasteiger partial charge >= 0.3 is 6.09 Å². The van der Waals surface area contributed by atoms with Gasteiger partial charge in [-0.15, -0.1) is 0 Å². The third-order valence-corrected chi connectivity index (χ3v) is 5.07. The quantitative estimate of drug-likeness (QED) is 0.194. The van der Waals surface area contributed by atoms with E-state index in [1.165, 1.54) is 6.92 Å². The number of alkyl carbamates (subject to hydrolysis) is 1. The number of rotatable bonds is 15. The molecule has 1 heterocycles. The second-order valence-electron chi connectivity index (χ2n) is 7.87. The van der Waals surface area contributed by atoms with Gasteiger partial charge in [0.2, 0.25) is 5.91 Å². The van der Waals surface area contributed by atoms with Crippen molar-refractivity contribution in [2.24, 2.45) is 0 Å². The number of aliphatic hydroxyl groups excluding tert-OH is 3. The molecular formula is C23H36N2O10. The van der Waals surface area contributed by atoms with Crippen LogP contribution in [0.25, 0.3) is 0 Å². The number of nitrogens with one attached hydrogen (secondary N) is 2. The SMILES string of the molecule is CC(=O)N[C@H]1[C@H](OCCCOCCOCCNC(=O)OCc2ccccc2)O[C@H](CO)[C@H](O)[C@@H]1O. The Bertz CT molecular complexity index is 738. The van der Waals surface area contributed by atoms with Crippen LogP contribution in [0.15, 0.2) is 30.3 Å². The van der Waals surface area contributed by atoms with Crippen LogP contribution in [0, 0.1) is 0 Å². The molecule has 198 valence electrons. The van der Waals surface area contributed by atoms with Crippen molar-refractivity contribution in [1.29, 1.82) is 0 Å². The molecular weight excluding hydrogens is 464 g/mol. The largest absolute Gasteiger partial charge is 0.445 e. The van der Waals surface area contributed by atoms with Crippen LogP contribution in [0.2, 0.25) is 0 Å². The fraction of sp³-hybridized carbons (Fsp3) is 0.652. The van der Waals surface area contributed by atoms with Gasteiger partial charge in [-0.3, -0.25) is 4.79 Å². The van der Waals surface area contributed by atoms with Gasteiger partial charge in [0, 0.05) is 20.1 Å². The molecule has 2 amide bonds. The predicted molar refractivity (Wildman–Crippen MR) is 122 cm³/mol. The number of aliphatic hydroxyl groups is 3. The summed E-state index contributed by atoms with van der Waals surface area (Å²) in [5.74, 6) is -0.413. The molecule has 0 bridgehead atoms. The van der Waals surface area contributed by atoms with Crippen molar-refractivity contribution in [2.75, 3.05) is 46.2 Å². The maximum atomic E-state index is 11.6. The maximum Gasteiger partial charge on any atom is 0.407 e. The molecule has 12 heteroatoms. The van der Waals surface area contributed by atoms with Crippen LogP contribution >= 0.6 is 0 Å². The lowest BCUT2D eigenvalue weighted by Gasteiger charge is -2.42. The monoisotopic (exact) mass is 500 g/mol. The Labute approximate surface area is 204 Å². The van der Waals surface area contributed by atoms with Crippen molar-refractivity contribution in [3.63, 3.8) is 0 Å². The topological polar surface area (TPSA) is 165 Å². The molecule has 1 saturated heterocycles. The van der Waals surface area contributed by atoms with Crippen molar-refractivity contribution in [2.45, 2.75) is 50.6 Å². The molecule has 35 heavy (non-hydrogen) atoms. The Morgan fingerprint density at radius 2 is 1.71 bits per heavy atom. The summed E-state index contributed by atoms with van der Waals surface area (Å²) in [6.45, 7) is 2.89. The average molecular weight is 501 g/mol. The third kappa shape index (κ3) is 10.9. The summed E-state index contributed by atoms with van der Waals surface area (Å²) in [6, 6.07) is 8.41. The van der Waals surface area contributed by atoms with Gasteiger partial charge in [0.1, 0.15) is 31.0 Å². The van der Waals surface area contributed by atoms with Crippen molar-refractivity contribution in [3.8, 4) is 0 Å². The molecule has 1 aliphatic rings. The fourth-order valence-corrected chi connectivity index (χ4v) is 3.29. The van der Waals surface area contributed by atoms with Crippen LogP contribution in [0.1, 0.15) is 18.9 Å². The van der Waals surface area contributed by atoms with E-state index in [9.17, 15) is 24.9 Å². The van der Waals surface area contributed by atoms with Gasteiger partial charge in [-0.1, -0.05) is 30.3 Å². The van der Waals surface area contributed by atoms with E-state index in [4.69, 9.17) is 23.7 Å². The van der Waals surface area contributed by atoms with E-state index in [0.717, 1.165) is 5.56 Å². The highest BCUT2D eigenvalue weighted by molar-refractivity contribution is 5.73. The molecule has 5 N–H and O–H groups in total. The summed E-state index contributed by atoms with van der Waals surface area (Å²) in [6.07, 6.45) is -4.75. The average Bonchev–Trinajstić information content (AvgIpc) is 2.85. The maximum absolute atomic E-state index is 11.6. The summed E-state index contributed by atoms with van der Waals surface area (Å²) in [7, 11) is 0. The van der Waals surface area contributed by atoms with Crippen molar-refractivity contribution in [1.82, 2.24) is 10.6 Å². The fourth-order valence-electron chi connectivity index (χ4n) is 3.29. The lowest BCUT2D eigenvalue weighted by atomic mass is 9.97. The van der Waals surface area contributed by atoms with Crippen molar-refractivity contribution >= 4 is 12.0 Å². The number of amides is 2. The highest BCUT2D eigenvalue weighted by Crippen LogP contribution is 2.22. The smallest absolute Gasteiger partial charge is 0.407 e. The Morgan fingerprint density at radius 1 is 1.00 bits per heavy atom.